The number of ether oxygens (including phenoxy) is 1. The highest BCUT2D eigenvalue weighted by Crippen LogP contribution is 2.29. The van der Waals surface area contributed by atoms with Crippen LogP contribution in [-0.2, 0) is 9.53 Å². The number of methoxy groups -OCH3 is 1. The topological polar surface area (TPSA) is 64.3 Å². The first-order valence-corrected chi connectivity index (χ1v) is 7.03. The van der Waals surface area contributed by atoms with Gasteiger partial charge in [0, 0.05) is 7.11 Å². The highest BCUT2D eigenvalue weighted by molar-refractivity contribution is 7.99. The van der Waals surface area contributed by atoms with E-state index in [1.54, 1.807) is 19.2 Å². The van der Waals surface area contributed by atoms with Crippen molar-refractivity contribution in [3.05, 3.63) is 24.0 Å². The molecule has 2 rings (SSSR count). The molecule has 1 heterocycles. The van der Waals surface area contributed by atoms with Gasteiger partial charge >= 0.3 is 5.97 Å². The molecule has 0 spiro atoms. The molecule has 1 N–H and O–H groups in total. The van der Waals surface area contributed by atoms with E-state index in [-0.39, 0.29) is 17.3 Å². The first kappa shape index (κ1) is 14.8. The van der Waals surface area contributed by atoms with Crippen LogP contribution in [0.2, 0.25) is 0 Å². The molecular formula is C13H15FN2O3S. The Morgan fingerprint density at radius 2 is 2.35 bits per heavy atom. The molecule has 0 radical (unpaired) electrons. The maximum absolute atomic E-state index is 13.8. The number of aliphatic carboxylic acids is 1. The average molecular weight is 298 g/mol. The number of halogens is 1. The lowest BCUT2D eigenvalue weighted by Crippen LogP contribution is -2.12. The van der Waals surface area contributed by atoms with Crippen molar-refractivity contribution in [3.63, 3.8) is 0 Å². The normalized spacial score (nSPS) is 12.8. The highest BCUT2D eigenvalue weighted by atomic mass is 32.2. The number of aromatic nitrogens is 2. The average Bonchev–Trinajstić information content (AvgIpc) is 2.76. The molecule has 1 unspecified atom stereocenters. The maximum Gasteiger partial charge on any atom is 0.313 e. The van der Waals surface area contributed by atoms with E-state index < -0.39 is 11.8 Å². The van der Waals surface area contributed by atoms with E-state index >= 15 is 0 Å². The SMILES string of the molecule is COCC(C)n1c(SCC(=O)O)nc2c(F)cccc21. The lowest BCUT2D eigenvalue weighted by Gasteiger charge is -2.16. The number of thioether (sulfide) groups is 1. The zero-order valence-corrected chi connectivity index (χ0v) is 12.0. The van der Waals surface area contributed by atoms with Crippen molar-refractivity contribution < 1.29 is 19.0 Å². The molecule has 0 fully saturated rings. The number of hydrogen-bond acceptors (Lipinski definition) is 4. The van der Waals surface area contributed by atoms with E-state index in [1.807, 2.05) is 11.5 Å². The summed E-state index contributed by atoms with van der Waals surface area (Å²) in [5.74, 6) is -1.47. The molecule has 108 valence electrons. The van der Waals surface area contributed by atoms with Crippen molar-refractivity contribution in [1.29, 1.82) is 0 Å². The van der Waals surface area contributed by atoms with Crippen LogP contribution in [0.4, 0.5) is 4.39 Å². The highest BCUT2D eigenvalue weighted by Gasteiger charge is 2.19. The molecule has 1 aromatic heterocycles. The second-order valence-corrected chi connectivity index (χ2v) is 5.30. The van der Waals surface area contributed by atoms with Crippen molar-refractivity contribution in [1.82, 2.24) is 9.55 Å². The summed E-state index contributed by atoms with van der Waals surface area (Å²) in [5.41, 5.74) is 0.894. The van der Waals surface area contributed by atoms with Gasteiger partial charge in [-0.1, -0.05) is 17.8 Å². The van der Waals surface area contributed by atoms with Gasteiger partial charge in [0.15, 0.2) is 11.0 Å². The minimum atomic E-state index is -0.937. The quantitative estimate of drug-likeness (QED) is 0.830. The predicted molar refractivity (Wildman–Crippen MR) is 74.6 cm³/mol. The number of carboxylic acid groups (broad SMARTS) is 1. The molecule has 0 aliphatic heterocycles. The standard InChI is InChI=1S/C13H15FN2O3S/c1-8(6-19-2)16-10-5-3-4-9(14)12(10)15-13(16)20-7-11(17)18/h3-5,8H,6-7H2,1-2H3,(H,17,18). The lowest BCUT2D eigenvalue weighted by molar-refractivity contribution is -0.133. The van der Waals surface area contributed by atoms with Gasteiger partial charge in [0.25, 0.3) is 0 Å². The van der Waals surface area contributed by atoms with Crippen LogP contribution in [0.3, 0.4) is 0 Å². The van der Waals surface area contributed by atoms with Crippen LogP contribution in [0.1, 0.15) is 13.0 Å². The van der Waals surface area contributed by atoms with Gasteiger partial charge in [0.05, 0.1) is 23.9 Å². The molecule has 7 heteroatoms. The number of carboxylic acids is 1. The van der Waals surface area contributed by atoms with Crippen molar-refractivity contribution in [3.8, 4) is 0 Å². The second kappa shape index (κ2) is 6.23. The Bertz CT molecular complexity index is 629. The molecular weight excluding hydrogens is 283 g/mol. The molecule has 1 atom stereocenters. The molecule has 1 aromatic carbocycles. The third kappa shape index (κ3) is 2.94. The summed E-state index contributed by atoms with van der Waals surface area (Å²) in [6, 6.07) is 4.65. The summed E-state index contributed by atoms with van der Waals surface area (Å²) in [6.45, 7) is 2.35. The van der Waals surface area contributed by atoms with Gasteiger partial charge in [0.1, 0.15) is 5.52 Å². The van der Waals surface area contributed by atoms with E-state index in [1.165, 1.54) is 6.07 Å². The first-order valence-electron chi connectivity index (χ1n) is 6.04. The fraction of sp³-hybridized carbons (Fsp3) is 0.385. The summed E-state index contributed by atoms with van der Waals surface area (Å²) >= 11 is 1.07. The smallest absolute Gasteiger partial charge is 0.313 e. The van der Waals surface area contributed by atoms with E-state index in [4.69, 9.17) is 9.84 Å². The van der Waals surface area contributed by atoms with Crippen molar-refractivity contribution in [2.24, 2.45) is 0 Å². The number of benzene rings is 1. The number of carbonyl (C=O) groups is 1. The van der Waals surface area contributed by atoms with Crippen LogP contribution in [0, 0.1) is 5.82 Å². The molecule has 0 saturated carbocycles. The van der Waals surface area contributed by atoms with Crippen LogP contribution in [0.25, 0.3) is 11.0 Å². The Kier molecular flexibility index (Phi) is 4.61. The number of rotatable bonds is 6. The molecule has 0 amide bonds. The van der Waals surface area contributed by atoms with Crippen molar-refractivity contribution in [2.45, 2.75) is 18.1 Å². The van der Waals surface area contributed by atoms with Crippen molar-refractivity contribution >= 4 is 28.8 Å². The third-order valence-corrected chi connectivity index (χ3v) is 3.75. The first-order chi connectivity index (χ1) is 9.54. The van der Waals surface area contributed by atoms with Crippen LogP contribution in [0.15, 0.2) is 23.4 Å². The third-order valence-electron chi connectivity index (χ3n) is 2.81. The lowest BCUT2D eigenvalue weighted by atomic mass is 10.3. The van der Waals surface area contributed by atoms with E-state index in [2.05, 4.69) is 4.98 Å². The number of para-hydroxylation sites is 1. The monoisotopic (exact) mass is 298 g/mol. The van der Waals surface area contributed by atoms with Gasteiger partial charge < -0.3 is 14.4 Å². The minimum absolute atomic E-state index is 0.0666. The fourth-order valence-electron chi connectivity index (χ4n) is 2.03. The number of imidazole rings is 1. The Labute approximate surface area is 119 Å². The summed E-state index contributed by atoms with van der Waals surface area (Å²) in [6.07, 6.45) is 0. The Balaban J connectivity index is 2.50. The van der Waals surface area contributed by atoms with Gasteiger partial charge in [0.2, 0.25) is 0 Å². The fourth-order valence-corrected chi connectivity index (χ4v) is 2.86. The molecule has 0 bridgehead atoms. The van der Waals surface area contributed by atoms with Gasteiger partial charge in [-0.15, -0.1) is 0 Å². The van der Waals surface area contributed by atoms with Gasteiger partial charge in [-0.05, 0) is 19.1 Å². The summed E-state index contributed by atoms with van der Waals surface area (Å²) in [7, 11) is 1.58. The largest absolute Gasteiger partial charge is 0.481 e. The zero-order chi connectivity index (χ0) is 14.7. The molecule has 5 nitrogen and oxygen atoms in total. The Hall–Kier alpha value is -1.60. The van der Waals surface area contributed by atoms with Crippen LogP contribution >= 0.6 is 11.8 Å². The number of nitrogens with zero attached hydrogens (tertiary/aromatic N) is 2. The molecule has 0 aliphatic carbocycles. The Morgan fingerprint density at radius 3 is 3.00 bits per heavy atom. The van der Waals surface area contributed by atoms with Gasteiger partial charge in [-0.25, -0.2) is 9.37 Å². The molecule has 20 heavy (non-hydrogen) atoms. The van der Waals surface area contributed by atoms with Crippen LogP contribution in [-0.4, -0.2) is 40.1 Å². The maximum atomic E-state index is 13.8. The minimum Gasteiger partial charge on any atom is -0.481 e. The summed E-state index contributed by atoms with van der Waals surface area (Å²) in [4.78, 5) is 14.9. The molecule has 0 aliphatic rings. The van der Waals surface area contributed by atoms with Gasteiger partial charge in [-0.3, -0.25) is 4.79 Å². The van der Waals surface area contributed by atoms with E-state index in [0.29, 0.717) is 17.3 Å². The molecule has 2 aromatic rings. The number of fused-ring (bicyclic) bond motifs is 1. The van der Waals surface area contributed by atoms with Gasteiger partial charge in [-0.2, -0.15) is 0 Å². The van der Waals surface area contributed by atoms with Crippen molar-refractivity contribution in [2.75, 3.05) is 19.5 Å². The summed E-state index contributed by atoms with van der Waals surface area (Å²) in [5, 5.41) is 9.26. The zero-order valence-electron chi connectivity index (χ0n) is 11.2. The predicted octanol–water partition coefficient (Wildman–Crippen LogP) is 2.56. The molecule has 0 saturated heterocycles. The van der Waals surface area contributed by atoms with Crippen LogP contribution in [0.5, 0.6) is 0 Å². The number of hydrogen-bond donors (Lipinski definition) is 1. The van der Waals surface area contributed by atoms with Crippen LogP contribution < -0.4 is 0 Å². The van der Waals surface area contributed by atoms with E-state index in [0.717, 1.165) is 11.8 Å². The Morgan fingerprint density at radius 1 is 1.60 bits per heavy atom. The second-order valence-electron chi connectivity index (χ2n) is 4.36. The summed E-state index contributed by atoms with van der Waals surface area (Å²) < 4.78 is 20.7. The van der Waals surface area contributed by atoms with E-state index in [9.17, 15) is 9.18 Å².